The number of benzene rings is 3. The third-order valence-electron chi connectivity index (χ3n) is 7.33. The van der Waals surface area contributed by atoms with E-state index in [1.165, 1.54) is 4.90 Å². The fourth-order valence-electron chi connectivity index (χ4n) is 5.35. The highest BCUT2D eigenvalue weighted by molar-refractivity contribution is 6.10. The van der Waals surface area contributed by atoms with Crippen molar-refractivity contribution in [1.82, 2.24) is 14.8 Å². The van der Waals surface area contributed by atoms with Gasteiger partial charge in [-0.25, -0.2) is 0 Å². The van der Waals surface area contributed by atoms with Crippen molar-refractivity contribution in [2.75, 3.05) is 7.05 Å². The molecule has 186 valence electrons. The molecule has 3 aromatic carbocycles. The van der Waals surface area contributed by atoms with Crippen molar-refractivity contribution < 1.29 is 14.4 Å². The van der Waals surface area contributed by atoms with Crippen LogP contribution in [0, 0.1) is 6.92 Å². The average Bonchev–Trinajstić information content (AvgIpc) is 3.14. The third-order valence-corrected chi connectivity index (χ3v) is 7.33. The largest absolute Gasteiger partial charge is 0.341 e. The van der Waals surface area contributed by atoms with Gasteiger partial charge < -0.3 is 4.90 Å². The van der Waals surface area contributed by atoms with E-state index in [-0.39, 0.29) is 37.1 Å². The molecule has 1 aliphatic rings. The zero-order chi connectivity index (χ0) is 26.0. The van der Waals surface area contributed by atoms with Crippen LogP contribution < -0.4 is 0 Å². The number of likely N-dealkylation sites (tertiary alicyclic amines) is 1. The normalized spacial score (nSPS) is 17.4. The van der Waals surface area contributed by atoms with E-state index < -0.39 is 5.41 Å². The van der Waals surface area contributed by atoms with E-state index in [0.29, 0.717) is 6.54 Å². The lowest BCUT2D eigenvalue weighted by atomic mass is 9.74. The molecule has 5 rings (SSSR count). The van der Waals surface area contributed by atoms with E-state index in [2.05, 4.69) is 4.98 Å². The highest BCUT2D eigenvalue weighted by Gasteiger charge is 2.54. The van der Waals surface area contributed by atoms with Gasteiger partial charge in [-0.1, -0.05) is 66.7 Å². The number of aromatic nitrogens is 1. The number of nitrogens with zero attached hydrogens (tertiary/aromatic N) is 3. The second kappa shape index (κ2) is 9.97. The molecule has 0 N–H and O–H groups in total. The maximum atomic E-state index is 14.0. The maximum absolute atomic E-state index is 14.0. The van der Waals surface area contributed by atoms with Gasteiger partial charge in [0.2, 0.25) is 17.7 Å². The van der Waals surface area contributed by atoms with E-state index in [0.717, 1.165) is 33.0 Å². The minimum Gasteiger partial charge on any atom is -0.341 e. The van der Waals surface area contributed by atoms with Crippen LogP contribution in [0.25, 0.3) is 10.8 Å². The Hall–Kier alpha value is -4.32. The second-order valence-electron chi connectivity index (χ2n) is 9.78. The fourth-order valence-corrected chi connectivity index (χ4v) is 5.35. The molecule has 0 bridgehead atoms. The highest BCUT2D eigenvalue weighted by atomic mass is 16.2. The number of rotatable bonds is 7. The van der Waals surface area contributed by atoms with Gasteiger partial charge in [-0.05, 0) is 52.1 Å². The molecule has 0 radical (unpaired) electrons. The first-order valence-electron chi connectivity index (χ1n) is 12.4. The van der Waals surface area contributed by atoms with Gasteiger partial charge in [0, 0.05) is 38.8 Å². The summed E-state index contributed by atoms with van der Waals surface area (Å²) in [6.45, 7) is 2.49. The van der Waals surface area contributed by atoms with Crippen LogP contribution >= 0.6 is 0 Å². The summed E-state index contributed by atoms with van der Waals surface area (Å²) < 4.78 is 0. The molecule has 1 saturated heterocycles. The molecule has 0 saturated carbocycles. The van der Waals surface area contributed by atoms with Crippen molar-refractivity contribution >= 4 is 28.5 Å². The van der Waals surface area contributed by atoms with Gasteiger partial charge in [-0.15, -0.1) is 0 Å². The van der Waals surface area contributed by atoms with E-state index in [4.69, 9.17) is 0 Å². The van der Waals surface area contributed by atoms with Crippen molar-refractivity contribution in [2.24, 2.45) is 0 Å². The molecule has 6 heteroatoms. The van der Waals surface area contributed by atoms with Crippen molar-refractivity contribution in [3.05, 3.63) is 114 Å². The molecule has 1 aromatic heterocycles. The van der Waals surface area contributed by atoms with Crippen LogP contribution in [0.5, 0.6) is 0 Å². The molecule has 0 aliphatic carbocycles. The van der Waals surface area contributed by atoms with Crippen molar-refractivity contribution in [2.45, 2.75) is 38.3 Å². The number of carbonyl (C=O) groups excluding carboxylic acids is 3. The smallest absolute Gasteiger partial charge is 0.241 e. The fraction of sp³-hybridized carbons (Fsp3) is 0.226. The third kappa shape index (κ3) is 4.62. The summed E-state index contributed by atoms with van der Waals surface area (Å²) in [5.41, 5.74) is 2.24. The molecule has 0 spiro atoms. The Bertz CT molecular complexity index is 1480. The van der Waals surface area contributed by atoms with E-state index in [1.54, 1.807) is 36.5 Å². The van der Waals surface area contributed by atoms with Gasteiger partial charge in [0.05, 0.1) is 12.0 Å². The molecular weight excluding hydrogens is 462 g/mol. The molecule has 4 aromatic rings. The van der Waals surface area contributed by atoms with Gasteiger partial charge in [-0.3, -0.25) is 24.3 Å². The number of fused-ring (bicyclic) bond motifs is 1. The Morgan fingerprint density at radius 1 is 0.946 bits per heavy atom. The summed E-state index contributed by atoms with van der Waals surface area (Å²) in [4.78, 5) is 47.9. The lowest BCUT2D eigenvalue weighted by Crippen LogP contribution is -2.42. The van der Waals surface area contributed by atoms with Crippen LogP contribution in [0.4, 0.5) is 0 Å². The minimum atomic E-state index is -1.24. The molecule has 3 amide bonds. The van der Waals surface area contributed by atoms with Crippen LogP contribution in [0.3, 0.4) is 0 Å². The van der Waals surface area contributed by atoms with Crippen LogP contribution in [0.2, 0.25) is 0 Å². The van der Waals surface area contributed by atoms with Crippen LogP contribution in [-0.4, -0.2) is 39.6 Å². The zero-order valence-corrected chi connectivity index (χ0v) is 21.1. The quantitative estimate of drug-likeness (QED) is 0.349. The summed E-state index contributed by atoms with van der Waals surface area (Å²) in [6.07, 6.45) is 3.17. The predicted octanol–water partition coefficient (Wildman–Crippen LogP) is 4.79. The summed E-state index contributed by atoms with van der Waals surface area (Å²) in [5.74, 6) is -0.770. The molecule has 1 atom stereocenters. The first-order chi connectivity index (χ1) is 17.9. The Labute approximate surface area is 216 Å². The molecule has 6 nitrogen and oxygen atoms in total. The first kappa shape index (κ1) is 24.4. The monoisotopic (exact) mass is 491 g/mol. The lowest BCUT2D eigenvalue weighted by molar-refractivity contribution is -0.143. The number of amides is 3. The minimum absolute atomic E-state index is 0.0321. The van der Waals surface area contributed by atoms with Gasteiger partial charge in [0.25, 0.3) is 0 Å². The van der Waals surface area contributed by atoms with Gasteiger partial charge in [0.15, 0.2) is 0 Å². The summed E-state index contributed by atoms with van der Waals surface area (Å²) >= 11 is 0. The summed E-state index contributed by atoms with van der Waals surface area (Å²) in [7, 11) is 1.76. The van der Waals surface area contributed by atoms with Gasteiger partial charge >= 0.3 is 0 Å². The Morgan fingerprint density at radius 3 is 2.43 bits per heavy atom. The Kier molecular flexibility index (Phi) is 6.57. The van der Waals surface area contributed by atoms with Crippen LogP contribution in [-0.2, 0) is 32.9 Å². The van der Waals surface area contributed by atoms with E-state index >= 15 is 0 Å². The van der Waals surface area contributed by atoms with E-state index in [9.17, 15) is 14.4 Å². The lowest BCUT2D eigenvalue weighted by Gasteiger charge is -2.30. The number of carbonyl (C=O) groups is 3. The zero-order valence-electron chi connectivity index (χ0n) is 21.1. The highest BCUT2D eigenvalue weighted by Crippen LogP contribution is 2.42. The second-order valence-corrected chi connectivity index (χ2v) is 9.78. The molecule has 0 unspecified atom stereocenters. The van der Waals surface area contributed by atoms with Crippen molar-refractivity contribution in [3.63, 3.8) is 0 Å². The maximum Gasteiger partial charge on any atom is 0.241 e. The number of hydrogen-bond donors (Lipinski definition) is 0. The molecule has 1 fully saturated rings. The van der Waals surface area contributed by atoms with Gasteiger partial charge in [0.1, 0.15) is 0 Å². The number of pyridine rings is 1. The van der Waals surface area contributed by atoms with Gasteiger partial charge in [-0.2, -0.15) is 0 Å². The van der Waals surface area contributed by atoms with Crippen molar-refractivity contribution in [1.29, 1.82) is 0 Å². The standard InChI is InChI=1S/C31H29N3O3/c1-22-8-3-6-13-27(22)31(19-29(36)34(30(31)37)20-23-14-16-32-17-15-23)18-28(35)33(2)21-25-11-7-10-24-9-4-5-12-26(24)25/h3-17H,18-21H2,1-2H3/t31-/m1/s1. The SMILES string of the molecule is Cc1ccccc1[C@@]1(CC(=O)N(C)Cc2cccc3ccccc23)CC(=O)N(Cc2ccncc2)C1=O. The number of aryl methyl sites for hydroxylation is 1. The first-order valence-corrected chi connectivity index (χ1v) is 12.4. The van der Waals surface area contributed by atoms with Crippen molar-refractivity contribution in [3.8, 4) is 0 Å². The number of imide groups is 1. The molecule has 2 heterocycles. The molecule has 37 heavy (non-hydrogen) atoms. The Morgan fingerprint density at radius 2 is 1.65 bits per heavy atom. The predicted molar refractivity (Wildman–Crippen MR) is 142 cm³/mol. The molecular formula is C31H29N3O3. The van der Waals surface area contributed by atoms with Crippen LogP contribution in [0.15, 0.2) is 91.3 Å². The topological polar surface area (TPSA) is 70.6 Å². The average molecular weight is 492 g/mol. The van der Waals surface area contributed by atoms with Crippen LogP contribution in [0.1, 0.15) is 35.1 Å². The summed E-state index contributed by atoms with van der Waals surface area (Å²) in [6, 6.07) is 25.3. The summed E-state index contributed by atoms with van der Waals surface area (Å²) in [5, 5.41) is 2.20. The molecule has 1 aliphatic heterocycles. The van der Waals surface area contributed by atoms with E-state index in [1.807, 2.05) is 73.7 Å². The Balaban J connectivity index is 1.46. The number of hydrogen-bond acceptors (Lipinski definition) is 4.